The van der Waals surface area contributed by atoms with E-state index in [4.69, 9.17) is 17.3 Å². The van der Waals surface area contributed by atoms with Crippen LogP contribution < -0.4 is 10.6 Å². The molecule has 1 unspecified atom stereocenters. The van der Waals surface area contributed by atoms with Crippen molar-refractivity contribution in [2.24, 2.45) is 11.1 Å². The van der Waals surface area contributed by atoms with Crippen molar-refractivity contribution in [1.82, 2.24) is 10.2 Å². The number of hydrogen-bond acceptors (Lipinski definition) is 5. The van der Waals surface area contributed by atoms with Crippen LogP contribution >= 0.6 is 11.6 Å². The molecule has 2 heterocycles. The summed E-state index contributed by atoms with van der Waals surface area (Å²) in [6.45, 7) is 4.14. The van der Waals surface area contributed by atoms with Gasteiger partial charge in [0.25, 0.3) is 0 Å². The third-order valence-corrected chi connectivity index (χ3v) is 6.68. The van der Waals surface area contributed by atoms with Crippen molar-refractivity contribution in [2.45, 2.75) is 32.6 Å². The van der Waals surface area contributed by atoms with E-state index in [9.17, 15) is 10.1 Å². The van der Waals surface area contributed by atoms with E-state index in [1.165, 1.54) is 0 Å². The lowest BCUT2D eigenvalue weighted by atomic mass is 9.68. The molecule has 1 aliphatic heterocycles. The number of nitrogens with zero attached hydrogens (tertiary/aromatic N) is 3. The number of H-pyrrole nitrogens is 1. The predicted molar refractivity (Wildman–Crippen MR) is 133 cm³/mol. The zero-order valence-corrected chi connectivity index (χ0v) is 19.7. The standard InChI is InChI=1S/C27H24ClN5O/c1-27(2)13-21-25(22(34)14-27)24(17-9-6-10-18(28)11-17)19(15-29)26(30)33(21)23-12-20(31-32-23)16-7-4-3-5-8-16/h3-12,24H,13-14,30H2,1-2H3,(H,31,32). The van der Waals surface area contributed by atoms with Gasteiger partial charge in [0.15, 0.2) is 11.6 Å². The minimum Gasteiger partial charge on any atom is -0.384 e. The third kappa shape index (κ3) is 3.68. The lowest BCUT2D eigenvalue weighted by molar-refractivity contribution is -0.118. The van der Waals surface area contributed by atoms with Crippen molar-refractivity contribution in [2.75, 3.05) is 4.90 Å². The van der Waals surface area contributed by atoms with Crippen LogP contribution in [0.4, 0.5) is 5.82 Å². The Bertz CT molecular complexity index is 1390. The van der Waals surface area contributed by atoms with Crippen LogP contribution in [0.5, 0.6) is 0 Å². The highest BCUT2D eigenvalue weighted by Crippen LogP contribution is 2.50. The van der Waals surface area contributed by atoms with E-state index in [1.807, 2.05) is 48.5 Å². The van der Waals surface area contributed by atoms with Gasteiger partial charge >= 0.3 is 0 Å². The van der Waals surface area contributed by atoms with Gasteiger partial charge in [0, 0.05) is 28.8 Å². The molecule has 7 heteroatoms. The zero-order valence-electron chi connectivity index (χ0n) is 19.0. The largest absolute Gasteiger partial charge is 0.384 e. The normalized spacial score (nSPS) is 19.8. The minimum absolute atomic E-state index is 0.0142. The number of halogens is 1. The van der Waals surface area contributed by atoms with Crippen LogP contribution in [0.1, 0.15) is 38.2 Å². The number of nitriles is 1. The molecule has 2 aliphatic rings. The zero-order chi connectivity index (χ0) is 24.0. The topological polar surface area (TPSA) is 98.8 Å². The molecule has 1 atom stereocenters. The van der Waals surface area contributed by atoms with Gasteiger partial charge in [0.1, 0.15) is 5.82 Å². The maximum atomic E-state index is 13.6. The molecular weight excluding hydrogens is 446 g/mol. The van der Waals surface area contributed by atoms with Gasteiger partial charge in [-0.2, -0.15) is 10.4 Å². The van der Waals surface area contributed by atoms with Gasteiger partial charge in [0.05, 0.1) is 23.3 Å². The summed E-state index contributed by atoms with van der Waals surface area (Å²) in [5, 5.41) is 18.3. The van der Waals surface area contributed by atoms with Crippen LogP contribution in [-0.2, 0) is 4.79 Å². The first kappa shape index (κ1) is 22.0. The van der Waals surface area contributed by atoms with Gasteiger partial charge in [-0.15, -0.1) is 0 Å². The quantitative estimate of drug-likeness (QED) is 0.514. The Morgan fingerprint density at radius 2 is 1.91 bits per heavy atom. The molecule has 34 heavy (non-hydrogen) atoms. The van der Waals surface area contributed by atoms with Crippen molar-refractivity contribution in [3.8, 4) is 17.3 Å². The summed E-state index contributed by atoms with van der Waals surface area (Å²) in [7, 11) is 0. The number of hydrogen-bond donors (Lipinski definition) is 2. The summed E-state index contributed by atoms with van der Waals surface area (Å²) in [5.74, 6) is 0.279. The lowest BCUT2D eigenvalue weighted by Gasteiger charge is -2.43. The number of allylic oxidation sites excluding steroid dienone is 3. The molecule has 0 saturated heterocycles. The van der Waals surface area contributed by atoms with Crippen LogP contribution in [0, 0.1) is 16.7 Å². The summed E-state index contributed by atoms with van der Waals surface area (Å²) < 4.78 is 0. The van der Waals surface area contributed by atoms with Crippen LogP contribution in [0.2, 0.25) is 5.02 Å². The van der Waals surface area contributed by atoms with Crippen molar-refractivity contribution in [3.63, 3.8) is 0 Å². The molecule has 170 valence electrons. The summed E-state index contributed by atoms with van der Waals surface area (Å²) in [4.78, 5) is 15.3. The van der Waals surface area contributed by atoms with Gasteiger partial charge in [0.2, 0.25) is 0 Å². The first-order chi connectivity index (χ1) is 16.3. The van der Waals surface area contributed by atoms with E-state index >= 15 is 0 Å². The fourth-order valence-corrected chi connectivity index (χ4v) is 5.18. The Hall–Kier alpha value is -3.82. The number of nitrogens with two attached hydrogens (primary N) is 1. The molecular formula is C27H24ClN5O. The van der Waals surface area contributed by atoms with Crippen molar-refractivity contribution < 1.29 is 4.79 Å². The van der Waals surface area contributed by atoms with Crippen LogP contribution in [-0.4, -0.2) is 16.0 Å². The number of carbonyl (C=O) groups excluding carboxylic acids is 1. The molecule has 1 aliphatic carbocycles. The van der Waals surface area contributed by atoms with Gasteiger partial charge in [-0.05, 0) is 35.1 Å². The maximum Gasteiger partial charge on any atom is 0.162 e. The molecule has 3 aromatic rings. The second-order valence-electron chi connectivity index (χ2n) is 9.54. The van der Waals surface area contributed by atoms with Gasteiger partial charge in [-0.1, -0.05) is 67.9 Å². The summed E-state index contributed by atoms with van der Waals surface area (Å²) in [6.07, 6.45) is 1.02. The second-order valence-corrected chi connectivity index (χ2v) is 9.98. The summed E-state index contributed by atoms with van der Waals surface area (Å²) in [5.41, 5.74) is 10.7. The van der Waals surface area contributed by atoms with Crippen molar-refractivity contribution >= 4 is 23.2 Å². The average Bonchev–Trinajstić information content (AvgIpc) is 3.28. The number of carbonyl (C=O) groups is 1. The van der Waals surface area contributed by atoms with Gasteiger partial charge < -0.3 is 5.73 Å². The average molecular weight is 470 g/mol. The van der Waals surface area contributed by atoms with E-state index in [-0.39, 0.29) is 17.0 Å². The first-order valence-corrected chi connectivity index (χ1v) is 11.5. The highest BCUT2D eigenvalue weighted by atomic mass is 35.5. The second kappa shape index (κ2) is 8.19. The number of anilines is 1. The Kier molecular flexibility index (Phi) is 5.30. The molecule has 0 spiro atoms. The van der Waals surface area contributed by atoms with Gasteiger partial charge in [-0.25, -0.2) is 0 Å². The van der Waals surface area contributed by atoms with Gasteiger partial charge in [-0.3, -0.25) is 14.8 Å². The lowest BCUT2D eigenvalue weighted by Crippen LogP contribution is -2.42. The fraction of sp³-hybridized carbons (Fsp3) is 0.222. The summed E-state index contributed by atoms with van der Waals surface area (Å²) >= 11 is 6.28. The highest BCUT2D eigenvalue weighted by molar-refractivity contribution is 6.30. The van der Waals surface area contributed by atoms with Crippen molar-refractivity contribution in [3.05, 3.63) is 93.9 Å². The van der Waals surface area contributed by atoms with Crippen LogP contribution in [0.3, 0.4) is 0 Å². The number of ketones is 1. The van der Waals surface area contributed by atoms with Crippen molar-refractivity contribution in [1.29, 1.82) is 5.26 Å². The number of Topliss-reactive ketones (excluding diaryl/α,β-unsaturated/α-hetero) is 1. The Labute approximate surface area is 203 Å². The SMILES string of the molecule is CC1(C)CC(=O)C2=C(C1)N(c1cc(-c3ccccc3)[nH]n1)C(N)=C(C#N)C2c1cccc(Cl)c1. The molecule has 0 bridgehead atoms. The first-order valence-electron chi connectivity index (χ1n) is 11.1. The van der Waals surface area contributed by atoms with E-state index in [0.717, 1.165) is 22.5 Å². The molecule has 2 aromatic carbocycles. The van der Waals surface area contributed by atoms with Crippen LogP contribution in [0.15, 0.2) is 83.3 Å². The number of aromatic nitrogens is 2. The number of aromatic amines is 1. The molecule has 5 rings (SSSR count). The molecule has 6 nitrogen and oxygen atoms in total. The van der Waals surface area contributed by atoms with E-state index in [1.54, 1.807) is 17.0 Å². The third-order valence-electron chi connectivity index (χ3n) is 6.44. The number of nitrogens with one attached hydrogen (secondary N) is 1. The fourth-order valence-electron chi connectivity index (χ4n) is 4.98. The summed E-state index contributed by atoms with van der Waals surface area (Å²) in [6, 6.07) is 21.3. The Morgan fingerprint density at radius 1 is 1.15 bits per heavy atom. The Morgan fingerprint density at radius 3 is 2.62 bits per heavy atom. The minimum atomic E-state index is -0.564. The molecule has 3 N–H and O–H groups in total. The Balaban J connectivity index is 1.71. The predicted octanol–water partition coefficient (Wildman–Crippen LogP) is 5.67. The smallest absolute Gasteiger partial charge is 0.162 e. The monoisotopic (exact) mass is 469 g/mol. The molecule has 1 aromatic heterocycles. The van der Waals surface area contributed by atoms with E-state index in [0.29, 0.717) is 34.8 Å². The number of rotatable bonds is 3. The molecule has 0 radical (unpaired) electrons. The molecule has 0 fully saturated rings. The number of benzene rings is 2. The van der Waals surface area contributed by atoms with Crippen LogP contribution in [0.25, 0.3) is 11.3 Å². The van der Waals surface area contributed by atoms with E-state index in [2.05, 4.69) is 30.1 Å². The molecule has 0 saturated carbocycles. The molecule has 0 amide bonds. The maximum absolute atomic E-state index is 13.6. The highest BCUT2D eigenvalue weighted by Gasteiger charge is 2.45. The van der Waals surface area contributed by atoms with E-state index < -0.39 is 5.92 Å².